The van der Waals surface area contributed by atoms with Gasteiger partial charge in [0.15, 0.2) is 5.03 Å². The summed E-state index contributed by atoms with van der Waals surface area (Å²) < 4.78 is 27.7. The van der Waals surface area contributed by atoms with Gasteiger partial charge in [-0.05, 0) is 23.9 Å². The molecule has 0 aromatic carbocycles. The molecule has 2 N–H and O–H groups in total. The van der Waals surface area contributed by atoms with Crippen LogP contribution in [-0.4, -0.2) is 29.6 Å². The molecule has 0 saturated carbocycles. The zero-order chi connectivity index (χ0) is 14.0. The first-order valence-electron chi connectivity index (χ1n) is 5.60. The Hall–Kier alpha value is -1.22. The van der Waals surface area contributed by atoms with Gasteiger partial charge in [-0.15, -0.1) is 11.3 Å². The van der Waals surface area contributed by atoms with E-state index in [0.717, 1.165) is 10.4 Å². The molecule has 104 valence electrons. The van der Waals surface area contributed by atoms with Crippen molar-refractivity contribution < 1.29 is 13.5 Å². The van der Waals surface area contributed by atoms with Crippen molar-refractivity contribution in [2.75, 3.05) is 6.54 Å². The molecular formula is C11H15N3O3S2. The van der Waals surface area contributed by atoms with Gasteiger partial charge in [-0.1, -0.05) is 0 Å². The zero-order valence-corrected chi connectivity index (χ0v) is 12.2. The highest BCUT2D eigenvalue weighted by Crippen LogP contribution is 2.23. The Balaban J connectivity index is 2.04. The molecule has 1 unspecified atom stereocenters. The standard InChI is InChI=1S/C11H15N3O3S2/c1-8-3-4-18-11(8)9(15)5-13-19(16,17)10-6-14(2)7-12-10/h3-4,6-7,9,13,15H,5H2,1-2H3. The monoisotopic (exact) mass is 301 g/mol. The lowest BCUT2D eigenvalue weighted by atomic mass is 10.2. The number of nitrogens with one attached hydrogen (secondary N) is 1. The summed E-state index contributed by atoms with van der Waals surface area (Å²) in [5.41, 5.74) is 0.953. The first kappa shape index (κ1) is 14.2. The van der Waals surface area contributed by atoms with Crippen LogP contribution in [0.25, 0.3) is 0 Å². The third-order valence-electron chi connectivity index (χ3n) is 2.63. The van der Waals surface area contributed by atoms with Crippen LogP contribution >= 0.6 is 11.3 Å². The minimum atomic E-state index is -3.68. The summed E-state index contributed by atoms with van der Waals surface area (Å²) in [6.07, 6.45) is 1.97. The molecule has 0 aliphatic rings. The molecule has 0 aliphatic carbocycles. The van der Waals surface area contributed by atoms with E-state index in [1.54, 1.807) is 11.6 Å². The van der Waals surface area contributed by atoms with Gasteiger partial charge in [0.2, 0.25) is 0 Å². The zero-order valence-electron chi connectivity index (χ0n) is 10.6. The quantitative estimate of drug-likeness (QED) is 0.855. The smallest absolute Gasteiger partial charge is 0.259 e. The van der Waals surface area contributed by atoms with Crippen molar-refractivity contribution >= 4 is 21.4 Å². The van der Waals surface area contributed by atoms with E-state index in [1.807, 2.05) is 18.4 Å². The van der Waals surface area contributed by atoms with Gasteiger partial charge >= 0.3 is 0 Å². The molecule has 6 nitrogen and oxygen atoms in total. The highest BCUT2D eigenvalue weighted by atomic mass is 32.2. The van der Waals surface area contributed by atoms with Crippen molar-refractivity contribution in [3.63, 3.8) is 0 Å². The topological polar surface area (TPSA) is 84.2 Å². The number of aliphatic hydroxyl groups is 1. The van der Waals surface area contributed by atoms with Crippen LogP contribution in [-0.2, 0) is 17.1 Å². The van der Waals surface area contributed by atoms with Crippen LogP contribution in [0.2, 0.25) is 0 Å². The van der Waals surface area contributed by atoms with Crippen molar-refractivity contribution in [2.24, 2.45) is 7.05 Å². The number of sulfonamides is 1. The lowest BCUT2D eigenvalue weighted by Gasteiger charge is -2.10. The van der Waals surface area contributed by atoms with Gasteiger partial charge in [0, 0.05) is 24.7 Å². The Morgan fingerprint density at radius 1 is 1.58 bits per heavy atom. The second-order valence-corrected chi connectivity index (χ2v) is 6.87. The number of aromatic nitrogens is 2. The summed E-state index contributed by atoms with van der Waals surface area (Å²) in [6.45, 7) is 1.81. The summed E-state index contributed by atoms with van der Waals surface area (Å²) in [5, 5.41) is 11.8. The molecule has 19 heavy (non-hydrogen) atoms. The molecule has 0 aliphatic heterocycles. The molecular weight excluding hydrogens is 286 g/mol. The molecule has 2 aromatic heterocycles. The van der Waals surface area contributed by atoms with Gasteiger partial charge in [0.25, 0.3) is 10.0 Å². The Labute approximate surface area is 115 Å². The van der Waals surface area contributed by atoms with Gasteiger partial charge in [-0.3, -0.25) is 0 Å². The van der Waals surface area contributed by atoms with Crippen LogP contribution in [0.4, 0.5) is 0 Å². The molecule has 8 heteroatoms. The molecule has 0 amide bonds. The van der Waals surface area contributed by atoms with Gasteiger partial charge in [0.1, 0.15) is 6.10 Å². The van der Waals surface area contributed by atoms with Crippen molar-refractivity contribution in [2.45, 2.75) is 18.1 Å². The fraction of sp³-hybridized carbons (Fsp3) is 0.364. The highest BCUT2D eigenvalue weighted by Gasteiger charge is 2.20. The van der Waals surface area contributed by atoms with Crippen LogP contribution in [0.3, 0.4) is 0 Å². The van der Waals surface area contributed by atoms with E-state index in [2.05, 4.69) is 9.71 Å². The summed E-state index contributed by atoms with van der Waals surface area (Å²) in [6, 6.07) is 1.89. The predicted octanol–water partition coefficient (Wildman–Crippen LogP) is 0.802. The first-order valence-corrected chi connectivity index (χ1v) is 7.96. The number of thiophene rings is 1. The maximum atomic E-state index is 11.9. The molecule has 2 aromatic rings. The van der Waals surface area contributed by atoms with Crippen LogP contribution in [0.5, 0.6) is 0 Å². The average molecular weight is 301 g/mol. The average Bonchev–Trinajstić information content (AvgIpc) is 2.95. The van der Waals surface area contributed by atoms with Crippen LogP contribution in [0, 0.1) is 6.92 Å². The van der Waals surface area contributed by atoms with E-state index in [9.17, 15) is 13.5 Å². The Morgan fingerprint density at radius 3 is 2.84 bits per heavy atom. The molecule has 0 spiro atoms. The number of hydrogen-bond acceptors (Lipinski definition) is 5. The number of hydrogen-bond donors (Lipinski definition) is 2. The van der Waals surface area contributed by atoms with Crippen molar-refractivity contribution in [3.8, 4) is 0 Å². The normalized spacial score (nSPS) is 13.6. The third-order valence-corrected chi connectivity index (χ3v) is 5.06. The maximum Gasteiger partial charge on any atom is 0.259 e. The summed E-state index contributed by atoms with van der Waals surface area (Å²) in [5.74, 6) is 0. The number of imidazole rings is 1. The van der Waals surface area contributed by atoms with Gasteiger partial charge in [-0.2, -0.15) is 0 Å². The van der Waals surface area contributed by atoms with Crippen molar-refractivity contribution in [1.29, 1.82) is 0 Å². The van der Waals surface area contributed by atoms with Crippen molar-refractivity contribution in [1.82, 2.24) is 14.3 Å². The van der Waals surface area contributed by atoms with E-state index >= 15 is 0 Å². The fourth-order valence-electron chi connectivity index (χ4n) is 1.61. The predicted molar refractivity (Wildman–Crippen MR) is 72.4 cm³/mol. The van der Waals surface area contributed by atoms with E-state index < -0.39 is 16.1 Å². The number of rotatable bonds is 5. The van der Waals surface area contributed by atoms with E-state index in [0.29, 0.717) is 0 Å². The molecule has 0 saturated heterocycles. The molecule has 2 rings (SSSR count). The molecule has 2 heterocycles. The first-order chi connectivity index (χ1) is 8.90. The third kappa shape index (κ3) is 3.21. The largest absolute Gasteiger partial charge is 0.386 e. The van der Waals surface area contributed by atoms with Crippen LogP contribution < -0.4 is 4.72 Å². The minimum Gasteiger partial charge on any atom is -0.386 e. The van der Waals surface area contributed by atoms with Crippen molar-refractivity contribution in [3.05, 3.63) is 34.4 Å². The SMILES string of the molecule is Cc1ccsc1C(O)CNS(=O)(=O)c1cn(C)cn1. The maximum absolute atomic E-state index is 11.9. The summed E-state index contributed by atoms with van der Waals surface area (Å²) in [4.78, 5) is 4.55. The molecule has 0 fully saturated rings. The van der Waals surface area contributed by atoms with Crippen LogP contribution in [0.15, 0.2) is 29.0 Å². The lowest BCUT2D eigenvalue weighted by molar-refractivity contribution is 0.185. The highest BCUT2D eigenvalue weighted by molar-refractivity contribution is 7.89. The van der Waals surface area contributed by atoms with Gasteiger partial charge in [0.05, 0.1) is 6.33 Å². The fourth-order valence-corrected chi connectivity index (χ4v) is 3.54. The minimum absolute atomic E-state index is 0.0508. The lowest BCUT2D eigenvalue weighted by Crippen LogP contribution is -2.28. The van der Waals surface area contributed by atoms with E-state index in [1.165, 1.54) is 23.9 Å². The van der Waals surface area contributed by atoms with E-state index in [-0.39, 0.29) is 11.6 Å². The second kappa shape index (κ2) is 5.41. The van der Waals surface area contributed by atoms with Gasteiger partial charge in [-0.25, -0.2) is 18.1 Å². The van der Waals surface area contributed by atoms with E-state index in [4.69, 9.17) is 0 Å². The Bertz CT molecular complexity index is 660. The number of nitrogens with zero attached hydrogens (tertiary/aromatic N) is 2. The van der Waals surface area contributed by atoms with Gasteiger partial charge < -0.3 is 9.67 Å². The molecule has 0 radical (unpaired) electrons. The summed E-state index contributed by atoms with van der Waals surface area (Å²) in [7, 11) is -1.99. The van der Waals surface area contributed by atoms with Crippen LogP contribution in [0.1, 0.15) is 16.5 Å². The number of aliphatic hydroxyl groups excluding tert-OH is 1. The molecule has 0 bridgehead atoms. The summed E-state index contributed by atoms with van der Waals surface area (Å²) >= 11 is 1.40. The number of aryl methyl sites for hydroxylation is 2. The Kier molecular flexibility index (Phi) is 4.04. The second-order valence-electron chi connectivity index (χ2n) is 4.21. The molecule has 1 atom stereocenters. The Morgan fingerprint density at radius 2 is 2.32 bits per heavy atom.